The third-order valence-electron chi connectivity index (χ3n) is 3.59. The molecule has 0 saturated heterocycles. The van der Waals surface area contributed by atoms with Gasteiger partial charge in [-0.05, 0) is 48.4 Å². The maximum atomic E-state index is 11.1. The van der Waals surface area contributed by atoms with Crippen LogP contribution >= 0.6 is 12.2 Å². The maximum Gasteiger partial charge on any atom is 0.143 e. The first-order chi connectivity index (χ1) is 11.1. The molecular weight excluding hydrogens is 308 g/mol. The highest BCUT2D eigenvalue weighted by atomic mass is 32.1. The van der Waals surface area contributed by atoms with E-state index >= 15 is 0 Å². The lowest BCUT2D eigenvalue weighted by molar-refractivity contribution is -0.104. The number of carbonyl (C=O) groups is 1. The fourth-order valence-electron chi connectivity index (χ4n) is 2.46. The molecule has 4 heteroatoms. The number of carbonyl (C=O) groups excluding carboxylic acids is 1. The Morgan fingerprint density at radius 3 is 2.70 bits per heavy atom. The van der Waals surface area contributed by atoms with E-state index in [0.717, 1.165) is 40.0 Å². The van der Waals surface area contributed by atoms with Gasteiger partial charge in [0.2, 0.25) is 0 Å². The summed E-state index contributed by atoms with van der Waals surface area (Å²) in [5.74, 6) is 0.739. The van der Waals surface area contributed by atoms with Gasteiger partial charge in [-0.15, -0.1) is 0 Å². The standard InChI is InChI=1S/C19H24O3S/c1-5-15-7-8-16(13-19(15)22-6-2)18(9-11-20)17(14(3)23)10-12-21-4/h5,7-9,11,13,17H,1,6,10,12H2,2-4H3/b18-9-. The zero-order chi connectivity index (χ0) is 17.2. The van der Waals surface area contributed by atoms with Crippen LogP contribution in [0.1, 0.15) is 31.4 Å². The Morgan fingerprint density at radius 2 is 2.17 bits per heavy atom. The van der Waals surface area contributed by atoms with E-state index < -0.39 is 0 Å². The number of benzene rings is 1. The van der Waals surface area contributed by atoms with Gasteiger partial charge < -0.3 is 9.47 Å². The van der Waals surface area contributed by atoms with Crippen LogP contribution in [0.25, 0.3) is 11.6 Å². The third-order valence-corrected chi connectivity index (χ3v) is 3.88. The Bertz CT molecular complexity index is 590. The zero-order valence-corrected chi connectivity index (χ0v) is 14.8. The number of thiocarbonyl (C=S) groups is 1. The second-order valence-corrected chi connectivity index (χ2v) is 5.74. The van der Waals surface area contributed by atoms with Gasteiger partial charge >= 0.3 is 0 Å². The molecule has 0 saturated carbocycles. The minimum atomic E-state index is -0.0146. The predicted octanol–water partition coefficient (Wildman–Crippen LogP) is 4.35. The first-order valence-corrected chi connectivity index (χ1v) is 8.04. The molecule has 23 heavy (non-hydrogen) atoms. The fourth-order valence-corrected chi connectivity index (χ4v) is 2.71. The van der Waals surface area contributed by atoms with Crippen LogP contribution < -0.4 is 4.74 Å². The normalized spacial score (nSPS) is 12.6. The molecule has 0 aliphatic rings. The Balaban J connectivity index is 3.31. The molecule has 0 aromatic heterocycles. The van der Waals surface area contributed by atoms with E-state index in [1.165, 1.54) is 0 Å². The SMILES string of the molecule is C=Cc1ccc(/C(=C/C=O)C(CCOC)C(C)=S)cc1OCC. The van der Waals surface area contributed by atoms with Crippen LogP contribution in [0.2, 0.25) is 0 Å². The van der Waals surface area contributed by atoms with E-state index in [4.69, 9.17) is 21.7 Å². The molecule has 0 bridgehead atoms. The maximum absolute atomic E-state index is 11.1. The van der Waals surface area contributed by atoms with Gasteiger partial charge in [-0.1, -0.05) is 37.0 Å². The lowest BCUT2D eigenvalue weighted by atomic mass is 9.87. The third kappa shape index (κ3) is 5.41. The van der Waals surface area contributed by atoms with Crippen LogP contribution in [0, 0.1) is 5.92 Å². The molecule has 0 spiro atoms. The summed E-state index contributed by atoms with van der Waals surface area (Å²) in [7, 11) is 1.66. The smallest absolute Gasteiger partial charge is 0.143 e. The number of hydrogen-bond acceptors (Lipinski definition) is 4. The second kappa shape index (κ2) is 10.1. The van der Waals surface area contributed by atoms with Gasteiger partial charge in [0, 0.05) is 25.2 Å². The van der Waals surface area contributed by atoms with Crippen molar-refractivity contribution in [3.05, 3.63) is 42.0 Å². The molecule has 0 N–H and O–H groups in total. The molecule has 0 aliphatic heterocycles. The molecule has 1 aromatic carbocycles. The zero-order valence-electron chi connectivity index (χ0n) is 14.0. The molecule has 0 heterocycles. The van der Waals surface area contributed by atoms with E-state index in [0.29, 0.717) is 13.2 Å². The lowest BCUT2D eigenvalue weighted by Gasteiger charge is -2.20. The Labute approximate surface area is 144 Å². The van der Waals surface area contributed by atoms with Crippen molar-refractivity contribution >= 4 is 35.0 Å². The van der Waals surface area contributed by atoms with Crippen molar-refractivity contribution in [2.24, 2.45) is 5.92 Å². The highest BCUT2D eigenvalue weighted by Crippen LogP contribution is 2.32. The number of methoxy groups -OCH3 is 1. The van der Waals surface area contributed by atoms with Crippen LogP contribution in [0.15, 0.2) is 30.9 Å². The van der Waals surface area contributed by atoms with Crippen LogP contribution in [-0.4, -0.2) is 31.5 Å². The fraction of sp³-hybridized carbons (Fsp3) is 0.368. The highest BCUT2D eigenvalue weighted by Gasteiger charge is 2.19. The van der Waals surface area contributed by atoms with Crippen molar-refractivity contribution in [3.63, 3.8) is 0 Å². The highest BCUT2D eigenvalue weighted by molar-refractivity contribution is 7.80. The largest absolute Gasteiger partial charge is 0.493 e. The van der Waals surface area contributed by atoms with Gasteiger partial charge in [0.25, 0.3) is 0 Å². The molecule has 1 atom stereocenters. The molecule has 0 amide bonds. The number of aldehydes is 1. The summed E-state index contributed by atoms with van der Waals surface area (Å²) in [6, 6.07) is 5.85. The van der Waals surface area contributed by atoms with Crippen molar-refractivity contribution in [1.82, 2.24) is 0 Å². The predicted molar refractivity (Wildman–Crippen MR) is 100.0 cm³/mol. The summed E-state index contributed by atoms with van der Waals surface area (Å²) < 4.78 is 10.8. The molecule has 1 unspecified atom stereocenters. The quantitative estimate of drug-likeness (QED) is 0.362. The molecule has 0 aliphatic carbocycles. The van der Waals surface area contributed by atoms with E-state index in [2.05, 4.69) is 6.58 Å². The summed E-state index contributed by atoms with van der Waals surface area (Å²) in [6.45, 7) is 8.78. The molecular formula is C19H24O3S. The van der Waals surface area contributed by atoms with Gasteiger partial charge in [-0.25, -0.2) is 0 Å². The molecule has 1 aromatic rings. The minimum absolute atomic E-state index is 0.0146. The van der Waals surface area contributed by atoms with E-state index in [1.54, 1.807) is 19.3 Å². The van der Waals surface area contributed by atoms with Gasteiger partial charge in [0.05, 0.1) is 6.61 Å². The van der Waals surface area contributed by atoms with Gasteiger partial charge in [0.1, 0.15) is 12.0 Å². The first-order valence-electron chi connectivity index (χ1n) is 7.63. The molecule has 3 nitrogen and oxygen atoms in total. The van der Waals surface area contributed by atoms with Gasteiger partial charge in [-0.3, -0.25) is 4.79 Å². The topological polar surface area (TPSA) is 35.5 Å². The summed E-state index contributed by atoms with van der Waals surface area (Å²) in [4.78, 5) is 12.0. The Kier molecular flexibility index (Phi) is 8.45. The van der Waals surface area contributed by atoms with Crippen molar-refractivity contribution < 1.29 is 14.3 Å². The number of rotatable bonds is 10. The molecule has 124 valence electrons. The van der Waals surface area contributed by atoms with Crippen molar-refractivity contribution in [2.45, 2.75) is 20.3 Å². The molecule has 0 fully saturated rings. The van der Waals surface area contributed by atoms with Crippen molar-refractivity contribution in [3.8, 4) is 5.75 Å². The van der Waals surface area contributed by atoms with E-state index in [1.807, 2.05) is 32.0 Å². The number of ether oxygens (including phenoxy) is 2. The average molecular weight is 332 g/mol. The van der Waals surface area contributed by atoms with Crippen LogP contribution in [0.5, 0.6) is 5.75 Å². The van der Waals surface area contributed by atoms with Crippen LogP contribution in [0.4, 0.5) is 0 Å². The number of allylic oxidation sites excluding steroid dienone is 2. The van der Waals surface area contributed by atoms with E-state index in [9.17, 15) is 4.79 Å². The monoisotopic (exact) mass is 332 g/mol. The van der Waals surface area contributed by atoms with Crippen LogP contribution in [-0.2, 0) is 9.53 Å². The van der Waals surface area contributed by atoms with Gasteiger partial charge in [-0.2, -0.15) is 0 Å². The Hall–Kier alpha value is -1.78. The number of hydrogen-bond donors (Lipinski definition) is 0. The van der Waals surface area contributed by atoms with Crippen LogP contribution in [0.3, 0.4) is 0 Å². The Morgan fingerprint density at radius 1 is 1.43 bits per heavy atom. The van der Waals surface area contributed by atoms with Crippen molar-refractivity contribution in [1.29, 1.82) is 0 Å². The summed E-state index contributed by atoms with van der Waals surface area (Å²) in [6.07, 6.45) is 4.87. The lowest BCUT2D eigenvalue weighted by Crippen LogP contribution is -2.14. The summed E-state index contributed by atoms with van der Waals surface area (Å²) in [5, 5.41) is 0. The van der Waals surface area contributed by atoms with E-state index in [-0.39, 0.29) is 5.92 Å². The molecule has 1 rings (SSSR count). The average Bonchev–Trinajstić information content (AvgIpc) is 2.54. The summed E-state index contributed by atoms with van der Waals surface area (Å²) in [5.41, 5.74) is 2.74. The molecule has 0 radical (unpaired) electrons. The van der Waals surface area contributed by atoms with Crippen molar-refractivity contribution in [2.75, 3.05) is 20.3 Å². The van der Waals surface area contributed by atoms with Gasteiger partial charge in [0.15, 0.2) is 0 Å². The minimum Gasteiger partial charge on any atom is -0.493 e. The first kappa shape index (κ1) is 19.3. The summed E-state index contributed by atoms with van der Waals surface area (Å²) >= 11 is 5.39. The second-order valence-electron chi connectivity index (χ2n) is 5.09.